The van der Waals surface area contributed by atoms with Gasteiger partial charge in [0.2, 0.25) is 0 Å². The van der Waals surface area contributed by atoms with E-state index in [9.17, 15) is 15.0 Å². The van der Waals surface area contributed by atoms with Crippen LogP contribution in [0.15, 0.2) is 23.4 Å². The van der Waals surface area contributed by atoms with Crippen molar-refractivity contribution in [3.05, 3.63) is 23.8 Å². The summed E-state index contributed by atoms with van der Waals surface area (Å²) < 4.78 is 0. The summed E-state index contributed by atoms with van der Waals surface area (Å²) in [6, 6.07) is 3.87. The second kappa shape index (κ2) is 6.48. The lowest BCUT2D eigenvalue weighted by Gasteiger charge is -2.20. The third kappa shape index (κ3) is 3.77. The molecule has 1 aromatic rings. The average Bonchev–Trinajstić information content (AvgIpc) is 2.41. The average molecular weight is 267 g/mol. The first-order valence-electron chi connectivity index (χ1n) is 5.77. The molecule has 1 amide bonds. The number of carbonyl (C=O) groups excluding carboxylic acids is 1. The number of benzene rings is 1. The Labute approximate surface area is 110 Å². The number of nitrogens with zero attached hydrogens (tertiary/aromatic N) is 2. The van der Waals surface area contributed by atoms with E-state index in [1.807, 2.05) is 0 Å². The molecular weight excluding hydrogens is 250 g/mol. The van der Waals surface area contributed by atoms with Crippen LogP contribution < -0.4 is 5.73 Å². The lowest BCUT2D eigenvalue weighted by Crippen LogP contribution is -2.33. The highest BCUT2D eigenvalue weighted by Gasteiger charge is 2.15. The Balaban J connectivity index is 2.80. The number of aromatic hydroxyl groups is 2. The fourth-order valence-electron chi connectivity index (χ4n) is 1.54. The first kappa shape index (κ1) is 14.6. The second-order valence-corrected chi connectivity index (χ2v) is 3.93. The maximum Gasteiger partial charge on any atom is 0.253 e. The van der Waals surface area contributed by atoms with E-state index in [4.69, 9.17) is 10.9 Å². The van der Waals surface area contributed by atoms with Gasteiger partial charge in [-0.05, 0) is 25.1 Å². The highest BCUT2D eigenvalue weighted by atomic mass is 16.4. The Hall–Kier alpha value is -2.44. The summed E-state index contributed by atoms with van der Waals surface area (Å²) in [5, 5.41) is 29.8. The number of phenols is 2. The van der Waals surface area contributed by atoms with E-state index >= 15 is 0 Å². The summed E-state index contributed by atoms with van der Waals surface area (Å²) in [6.45, 7) is 2.54. The van der Waals surface area contributed by atoms with Crippen LogP contribution in [0.5, 0.6) is 11.5 Å². The van der Waals surface area contributed by atoms with Gasteiger partial charge in [0.05, 0.1) is 0 Å². The van der Waals surface area contributed by atoms with Crippen molar-refractivity contribution in [2.45, 2.75) is 13.3 Å². The third-order valence-electron chi connectivity index (χ3n) is 2.66. The molecule has 1 aromatic carbocycles. The van der Waals surface area contributed by atoms with Gasteiger partial charge in [-0.1, -0.05) is 5.16 Å². The van der Waals surface area contributed by atoms with Crippen molar-refractivity contribution < 1.29 is 20.2 Å². The van der Waals surface area contributed by atoms with Crippen LogP contribution in [0.2, 0.25) is 0 Å². The van der Waals surface area contributed by atoms with Gasteiger partial charge < -0.3 is 26.1 Å². The number of phenolic OH excluding ortho intramolecular Hbond substituents is 2. The summed E-state index contributed by atoms with van der Waals surface area (Å²) >= 11 is 0. The van der Waals surface area contributed by atoms with E-state index in [1.54, 1.807) is 6.92 Å². The fraction of sp³-hybridized carbons (Fsp3) is 0.333. The summed E-state index contributed by atoms with van der Waals surface area (Å²) in [7, 11) is 0. The molecule has 0 bridgehead atoms. The van der Waals surface area contributed by atoms with E-state index < -0.39 is 0 Å². The quantitative estimate of drug-likeness (QED) is 0.206. The largest absolute Gasteiger partial charge is 0.504 e. The molecule has 5 N–H and O–H groups in total. The zero-order valence-electron chi connectivity index (χ0n) is 10.6. The molecule has 19 heavy (non-hydrogen) atoms. The second-order valence-electron chi connectivity index (χ2n) is 3.93. The Morgan fingerprint density at radius 3 is 2.58 bits per heavy atom. The van der Waals surface area contributed by atoms with Crippen molar-refractivity contribution in [2.24, 2.45) is 10.9 Å². The van der Waals surface area contributed by atoms with Crippen LogP contribution in [0.3, 0.4) is 0 Å². The Morgan fingerprint density at radius 1 is 1.37 bits per heavy atom. The van der Waals surface area contributed by atoms with Gasteiger partial charge in [-0.2, -0.15) is 0 Å². The minimum atomic E-state index is -0.349. The molecule has 7 heteroatoms. The van der Waals surface area contributed by atoms with Crippen LogP contribution >= 0.6 is 0 Å². The number of carbonyl (C=O) groups is 1. The van der Waals surface area contributed by atoms with Gasteiger partial charge in [0.1, 0.15) is 5.84 Å². The normalized spacial score (nSPS) is 11.3. The van der Waals surface area contributed by atoms with Crippen LogP contribution in [-0.2, 0) is 0 Å². The van der Waals surface area contributed by atoms with Crippen molar-refractivity contribution in [1.82, 2.24) is 4.90 Å². The summed E-state index contributed by atoms with van der Waals surface area (Å²) in [4.78, 5) is 13.6. The van der Waals surface area contributed by atoms with Gasteiger partial charge >= 0.3 is 0 Å². The van der Waals surface area contributed by atoms with Crippen LogP contribution in [0.1, 0.15) is 23.7 Å². The maximum atomic E-state index is 12.1. The minimum absolute atomic E-state index is 0.0415. The molecule has 0 aliphatic heterocycles. The van der Waals surface area contributed by atoms with E-state index in [0.717, 1.165) is 0 Å². The number of amidine groups is 1. The molecule has 7 nitrogen and oxygen atoms in total. The Kier molecular flexibility index (Phi) is 4.99. The maximum absolute atomic E-state index is 12.1. The van der Waals surface area contributed by atoms with E-state index in [1.165, 1.54) is 23.1 Å². The summed E-state index contributed by atoms with van der Waals surface area (Å²) in [6.07, 6.45) is 0.250. The number of nitrogens with two attached hydrogens (primary N) is 1. The molecule has 0 aliphatic carbocycles. The molecule has 0 unspecified atom stereocenters. The van der Waals surface area contributed by atoms with Crippen molar-refractivity contribution in [3.8, 4) is 11.5 Å². The summed E-state index contributed by atoms with van der Waals surface area (Å²) in [5.74, 6) is -0.891. The van der Waals surface area contributed by atoms with Crippen LogP contribution in [0.25, 0.3) is 0 Å². The SMILES string of the molecule is CCN(CC/C(N)=N/O)C(=O)c1ccc(O)c(O)c1. The first-order chi connectivity index (χ1) is 8.99. The number of oxime groups is 1. The van der Waals surface area contributed by atoms with Crippen LogP contribution in [0.4, 0.5) is 0 Å². The predicted octanol–water partition coefficient (Wildman–Crippen LogP) is 0.696. The molecule has 0 spiro atoms. The molecule has 0 aromatic heterocycles. The Bertz CT molecular complexity index is 488. The molecule has 0 atom stereocenters. The van der Waals surface area contributed by atoms with Crippen LogP contribution in [-0.4, -0.2) is 45.2 Å². The number of hydrogen-bond acceptors (Lipinski definition) is 5. The minimum Gasteiger partial charge on any atom is -0.504 e. The summed E-state index contributed by atoms with van der Waals surface area (Å²) in [5.41, 5.74) is 5.61. The van der Waals surface area contributed by atoms with E-state index in [2.05, 4.69) is 5.16 Å². The molecular formula is C12H17N3O4. The smallest absolute Gasteiger partial charge is 0.253 e. The molecule has 0 fully saturated rings. The number of rotatable bonds is 5. The highest BCUT2D eigenvalue weighted by molar-refractivity contribution is 5.95. The molecule has 0 heterocycles. The number of amides is 1. The van der Waals surface area contributed by atoms with Crippen molar-refractivity contribution in [3.63, 3.8) is 0 Å². The number of hydrogen-bond donors (Lipinski definition) is 4. The van der Waals surface area contributed by atoms with Gasteiger partial charge in [-0.15, -0.1) is 0 Å². The van der Waals surface area contributed by atoms with Crippen LogP contribution in [0, 0.1) is 0 Å². The van der Waals surface area contributed by atoms with Gasteiger partial charge in [-0.3, -0.25) is 4.79 Å². The van der Waals surface area contributed by atoms with Gasteiger partial charge in [0.25, 0.3) is 5.91 Å². The molecule has 1 rings (SSSR count). The highest BCUT2D eigenvalue weighted by Crippen LogP contribution is 2.25. The standard InChI is InChI=1S/C12H17N3O4/c1-2-15(6-5-11(13)14-19)12(18)8-3-4-9(16)10(17)7-8/h3-4,7,16-17,19H,2,5-6H2,1H3,(H2,13,14). The fourth-order valence-corrected chi connectivity index (χ4v) is 1.54. The van der Waals surface area contributed by atoms with Gasteiger partial charge in [-0.25, -0.2) is 0 Å². The molecule has 0 saturated heterocycles. The zero-order chi connectivity index (χ0) is 14.4. The van der Waals surface area contributed by atoms with E-state index in [0.29, 0.717) is 13.1 Å². The van der Waals surface area contributed by atoms with E-state index in [-0.39, 0.29) is 35.2 Å². The van der Waals surface area contributed by atoms with Crippen molar-refractivity contribution in [1.29, 1.82) is 0 Å². The Morgan fingerprint density at radius 2 is 2.05 bits per heavy atom. The van der Waals surface area contributed by atoms with Crippen molar-refractivity contribution >= 4 is 11.7 Å². The molecule has 0 saturated carbocycles. The molecule has 0 aliphatic rings. The monoisotopic (exact) mass is 267 g/mol. The lowest BCUT2D eigenvalue weighted by atomic mass is 10.1. The topological polar surface area (TPSA) is 119 Å². The molecule has 104 valence electrons. The first-order valence-corrected chi connectivity index (χ1v) is 5.77. The zero-order valence-corrected chi connectivity index (χ0v) is 10.6. The lowest BCUT2D eigenvalue weighted by molar-refractivity contribution is 0.0768. The predicted molar refractivity (Wildman–Crippen MR) is 69.4 cm³/mol. The van der Waals surface area contributed by atoms with Crippen molar-refractivity contribution in [2.75, 3.05) is 13.1 Å². The third-order valence-corrected chi connectivity index (χ3v) is 2.66. The molecule has 0 radical (unpaired) electrons. The van der Waals surface area contributed by atoms with Gasteiger partial charge in [0.15, 0.2) is 11.5 Å². The van der Waals surface area contributed by atoms with Gasteiger partial charge in [0, 0.05) is 25.1 Å².